The van der Waals surface area contributed by atoms with Crippen LogP contribution in [0.1, 0.15) is 19.8 Å². The lowest BCUT2D eigenvalue weighted by Crippen LogP contribution is -2.45. The number of amides is 2. The first kappa shape index (κ1) is 11.4. The molecular weight excluding hydrogens is 206 g/mol. The summed E-state index contributed by atoms with van der Waals surface area (Å²) in [6.07, 6.45) is 1.60. The Kier molecular flexibility index (Phi) is 3.14. The third-order valence-electron chi connectivity index (χ3n) is 3.61. The van der Waals surface area contributed by atoms with Crippen LogP contribution >= 0.6 is 0 Å². The molecule has 2 fully saturated rings. The molecular formula is C11H19N3O2. The van der Waals surface area contributed by atoms with Gasteiger partial charge in [0.05, 0.1) is 5.92 Å². The van der Waals surface area contributed by atoms with Gasteiger partial charge in [-0.25, -0.2) is 0 Å². The van der Waals surface area contributed by atoms with Crippen LogP contribution in [0.25, 0.3) is 0 Å². The van der Waals surface area contributed by atoms with E-state index in [0.29, 0.717) is 0 Å². The molecule has 2 saturated heterocycles. The highest BCUT2D eigenvalue weighted by molar-refractivity contribution is 5.90. The second-order valence-electron chi connectivity index (χ2n) is 4.75. The van der Waals surface area contributed by atoms with Crippen molar-refractivity contribution in [3.8, 4) is 0 Å². The monoisotopic (exact) mass is 225 g/mol. The van der Waals surface area contributed by atoms with Crippen molar-refractivity contribution >= 4 is 11.8 Å². The Morgan fingerprint density at radius 1 is 1.50 bits per heavy atom. The minimum atomic E-state index is -0.301. The molecule has 0 spiro atoms. The van der Waals surface area contributed by atoms with Crippen molar-refractivity contribution in [1.82, 2.24) is 15.5 Å². The average molecular weight is 225 g/mol. The first-order chi connectivity index (χ1) is 7.59. The molecule has 0 aliphatic carbocycles. The first-order valence-corrected chi connectivity index (χ1v) is 5.88. The zero-order chi connectivity index (χ0) is 11.7. The summed E-state index contributed by atoms with van der Waals surface area (Å²) in [7, 11) is 1.77. The maximum absolute atomic E-state index is 11.9. The molecule has 16 heavy (non-hydrogen) atoms. The van der Waals surface area contributed by atoms with Gasteiger partial charge in [0.2, 0.25) is 11.8 Å². The molecule has 5 heteroatoms. The van der Waals surface area contributed by atoms with Crippen molar-refractivity contribution < 1.29 is 9.59 Å². The Morgan fingerprint density at radius 3 is 2.75 bits per heavy atom. The van der Waals surface area contributed by atoms with Crippen LogP contribution in [0.3, 0.4) is 0 Å². The number of hydrogen-bond acceptors (Lipinski definition) is 3. The van der Waals surface area contributed by atoms with Crippen LogP contribution in [0.15, 0.2) is 0 Å². The van der Waals surface area contributed by atoms with Crippen LogP contribution < -0.4 is 10.6 Å². The molecule has 90 valence electrons. The molecule has 2 aliphatic rings. The van der Waals surface area contributed by atoms with Gasteiger partial charge in [0.25, 0.3) is 0 Å². The summed E-state index contributed by atoms with van der Waals surface area (Å²) in [4.78, 5) is 25.2. The molecule has 2 heterocycles. The van der Waals surface area contributed by atoms with Crippen molar-refractivity contribution in [2.45, 2.75) is 31.8 Å². The van der Waals surface area contributed by atoms with Crippen molar-refractivity contribution in [3.63, 3.8) is 0 Å². The van der Waals surface area contributed by atoms with Gasteiger partial charge < -0.3 is 15.5 Å². The fourth-order valence-electron chi connectivity index (χ4n) is 2.45. The Bertz CT molecular complexity index is 306. The van der Waals surface area contributed by atoms with Crippen LogP contribution in [0.2, 0.25) is 0 Å². The molecule has 0 aromatic rings. The van der Waals surface area contributed by atoms with Gasteiger partial charge in [-0.3, -0.25) is 9.59 Å². The second kappa shape index (κ2) is 4.41. The maximum atomic E-state index is 11.9. The normalized spacial score (nSPS) is 34.5. The molecule has 3 unspecified atom stereocenters. The van der Waals surface area contributed by atoms with E-state index < -0.39 is 0 Å². The smallest absolute Gasteiger partial charge is 0.244 e. The van der Waals surface area contributed by atoms with E-state index in [1.807, 2.05) is 6.92 Å². The second-order valence-corrected chi connectivity index (χ2v) is 4.75. The van der Waals surface area contributed by atoms with E-state index in [9.17, 15) is 9.59 Å². The minimum absolute atomic E-state index is 0.0127. The summed E-state index contributed by atoms with van der Waals surface area (Å²) in [5.41, 5.74) is 0. The quantitative estimate of drug-likeness (QED) is 0.655. The van der Waals surface area contributed by atoms with E-state index in [4.69, 9.17) is 0 Å². The van der Waals surface area contributed by atoms with Crippen LogP contribution in [0.5, 0.6) is 0 Å². The lowest BCUT2D eigenvalue weighted by atomic mass is 10.0. The minimum Gasteiger partial charge on any atom is -0.344 e. The average Bonchev–Trinajstić information content (AvgIpc) is 2.79. The summed E-state index contributed by atoms with van der Waals surface area (Å²) < 4.78 is 0. The summed E-state index contributed by atoms with van der Waals surface area (Å²) in [6.45, 7) is 3.64. The summed E-state index contributed by atoms with van der Waals surface area (Å²) >= 11 is 0. The number of nitrogens with zero attached hydrogens (tertiary/aromatic N) is 1. The number of likely N-dealkylation sites (tertiary alicyclic amines) is 1. The number of carbonyl (C=O) groups is 2. The van der Waals surface area contributed by atoms with Crippen LogP contribution in [0, 0.1) is 5.92 Å². The van der Waals surface area contributed by atoms with E-state index in [1.165, 1.54) is 0 Å². The van der Waals surface area contributed by atoms with Gasteiger partial charge in [0.1, 0.15) is 6.04 Å². The molecule has 2 aliphatic heterocycles. The number of likely N-dealkylation sites (N-methyl/N-ethyl adjacent to an activating group) is 1. The SMILES string of the molecule is CC1NCCC1C(=O)NC1CCN(C)C1=O. The first-order valence-electron chi connectivity index (χ1n) is 5.88. The zero-order valence-corrected chi connectivity index (χ0v) is 9.82. The number of nitrogens with one attached hydrogen (secondary N) is 2. The molecule has 0 radical (unpaired) electrons. The number of carbonyl (C=O) groups excluding carboxylic acids is 2. The lowest BCUT2D eigenvalue weighted by Gasteiger charge is -2.18. The number of rotatable bonds is 2. The van der Waals surface area contributed by atoms with Crippen LogP contribution in [-0.2, 0) is 9.59 Å². The largest absolute Gasteiger partial charge is 0.344 e. The maximum Gasteiger partial charge on any atom is 0.244 e. The van der Waals surface area contributed by atoms with Crippen LogP contribution in [-0.4, -0.2) is 48.9 Å². The predicted octanol–water partition coefficient (Wildman–Crippen LogP) is -0.669. The Hall–Kier alpha value is -1.10. The van der Waals surface area contributed by atoms with Gasteiger partial charge in [-0.05, 0) is 26.3 Å². The van der Waals surface area contributed by atoms with Gasteiger partial charge in [0, 0.05) is 19.6 Å². The van der Waals surface area contributed by atoms with E-state index in [1.54, 1.807) is 11.9 Å². The molecule has 0 saturated carbocycles. The summed E-state index contributed by atoms with van der Waals surface area (Å²) in [5, 5.41) is 6.10. The molecule has 2 amide bonds. The lowest BCUT2D eigenvalue weighted by molar-refractivity contribution is -0.133. The standard InChI is InChI=1S/C11H19N3O2/c1-7-8(3-5-12-7)10(15)13-9-4-6-14(2)11(9)16/h7-9,12H,3-6H2,1-2H3,(H,13,15). The van der Waals surface area contributed by atoms with Gasteiger partial charge >= 0.3 is 0 Å². The fourth-order valence-corrected chi connectivity index (χ4v) is 2.45. The highest BCUT2D eigenvalue weighted by Gasteiger charge is 2.35. The molecule has 0 aromatic heterocycles. The zero-order valence-electron chi connectivity index (χ0n) is 9.82. The van der Waals surface area contributed by atoms with Crippen molar-refractivity contribution in [2.75, 3.05) is 20.1 Å². The Labute approximate surface area is 95.6 Å². The Morgan fingerprint density at radius 2 is 2.25 bits per heavy atom. The van der Waals surface area contributed by atoms with E-state index >= 15 is 0 Å². The highest BCUT2D eigenvalue weighted by atomic mass is 16.2. The van der Waals surface area contributed by atoms with Crippen molar-refractivity contribution in [3.05, 3.63) is 0 Å². The fraction of sp³-hybridized carbons (Fsp3) is 0.818. The number of hydrogen-bond donors (Lipinski definition) is 2. The van der Waals surface area contributed by atoms with Crippen molar-refractivity contribution in [1.29, 1.82) is 0 Å². The summed E-state index contributed by atoms with van der Waals surface area (Å²) in [5.74, 6) is 0.0665. The molecule has 0 aromatic carbocycles. The highest BCUT2D eigenvalue weighted by Crippen LogP contribution is 2.16. The molecule has 0 bridgehead atoms. The summed E-state index contributed by atoms with van der Waals surface area (Å²) in [6, 6.07) is -0.0838. The molecule has 5 nitrogen and oxygen atoms in total. The van der Waals surface area contributed by atoms with Crippen molar-refractivity contribution in [2.24, 2.45) is 5.92 Å². The van der Waals surface area contributed by atoms with Gasteiger partial charge in [-0.15, -0.1) is 0 Å². The molecule has 3 atom stereocenters. The van der Waals surface area contributed by atoms with Crippen LogP contribution in [0.4, 0.5) is 0 Å². The van der Waals surface area contributed by atoms with Gasteiger partial charge in [-0.2, -0.15) is 0 Å². The van der Waals surface area contributed by atoms with E-state index in [-0.39, 0.29) is 29.8 Å². The van der Waals surface area contributed by atoms with E-state index in [2.05, 4.69) is 10.6 Å². The van der Waals surface area contributed by atoms with Gasteiger partial charge in [0.15, 0.2) is 0 Å². The topological polar surface area (TPSA) is 61.4 Å². The van der Waals surface area contributed by atoms with E-state index in [0.717, 1.165) is 25.9 Å². The predicted molar refractivity (Wildman–Crippen MR) is 59.8 cm³/mol. The third kappa shape index (κ3) is 2.04. The Balaban J connectivity index is 1.90. The third-order valence-corrected chi connectivity index (χ3v) is 3.61. The molecule has 2 N–H and O–H groups in total. The molecule has 2 rings (SSSR count). The van der Waals surface area contributed by atoms with Gasteiger partial charge in [-0.1, -0.05) is 0 Å².